The molecule has 8 nitrogen and oxygen atoms in total. The number of pyridine rings is 3. The predicted molar refractivity (Wildman–Crippen MR) is 520 cm³/mol. The fourth-order valence-electron chi connectivity index (χ4n) is 8.55. The van der Waals surface area contributed by atoms with Gasteiger partial charge in [-0.1, -0.05) is 362 Å². The Morgan fingerprint density at radius 2 is 0.825 bits per heavy atom. The Balaban J connectivity index is -0.000000276. The molecule has 7 aromatic heterocycles. The highest BCUT2D eigenvalue weighted by molar-refractivity contribution is 7.09. The summed E-state index contributed by atoms with van der Waals surface area (Å²) in [5, 5.41) is 22.1. The van der Waals surface area contributed by atoms with E-state index < -0.39 is 0 Å². The van der Waals surface area contributed by atoms with Crippen LogP contribution in [0, 0.1) is 69.2 Å². The molecule has 0 atom stereocenters. The molecular formula is C104H150N6O2S2. The van der Waals surface area contributed by atoms with Gasteiger partial charge in [-0.05, 0) is 184 Å². The summed E-state index contributed by atoms with van der Waals surface area (Å²) in [5.41, 5.74) is 14.5. The van der Waals surface area contributed by atoms with E-state index in [-0.39, 0.29) is 0 Å². The highest BCUT2D eigenvalue weighted by atomic mass is 32.1. The molecule has 0 saturated carbocycles. The van der Waals surface area contributed by atoms with E-state index in [0.717, 1.165) is 40.0 Å². The summed E-state index contributed by atoms with van der Waals surface area (Å²) in [6.45, 7) is 66.5. The zero-order valence-electron chi connectivity index (χ0n) is 76.8. The maximum atomic E-state index is 4.58. The number of fused-ring (bicyclic) bond motifs is 5. The summed E-state index contributed by atoms with van der Waals surface area (Å²) >= 11 is 3.52. The van der Waals surface area contributed by atoms with E-state index >= 15 is 0 Å². The third-order valence-corrected chi connectivity index (χ3v) is 15.0. The summed E-state index contributed by atoms with van der Waals surface area (Å²) in [7, 11) is 0. The minimum Gasteiger partial charge on any atom is -0.365 e. The van der Waals surface area contributed by atoms with Crippen molar-refractivity contribution in [2.75, 3.05) is 0 Å². The zero-order valence-corrected chi connectivity index (χ0v) is 78.4. The van der Waals surface area contributed by atoms with Crippen molar-refractivity contribution in [2.24, 2.45) is 4.99 Å². The number of hydrogen-bond acceptors (Lipinski definition) is 10. The molecule has 1 aliphatic heterocycles. The van der Waals surface area contributed by atoms with Crippen molar-refractivity contribution in [1.29, 1.82) is 0 Å². The lowest BCUT2D eigenvalue weighted by atomic mass is 10.1. The van der Waals surface area contributed by atoms with Crippen LogP contribution in [0.3, 0.4) is 0 Å². The standard InChI is InChI=1S/2C11H10.3C10H9N.C7H8.C5H7N.2C5H6S.2C4H5NO.11C2H6/c1-9-5-4-7-10-6-2-3-8-11(9)10;1-9-6-7-10-4-2-3-5-11(10)8-9;1-8-4-2-5-9-6-3-7-11-10(8)9;1-8-4-5-9-3-2-6-11-10(9)7-8;1-8-6-9-4-2-3-5-10(9)11-7-8;1-7-5-3-2-4-6-7;1-5-3-2-4-6-5;1-5-2-3-6-4-5;1-5-3-2-4-6-5;1-4-2-5-6-3-4;1-4-2-3-5-6-4;11*1-2/h2*2-8H,1H3;3*2-7H,1H3;2-6H,1H3;3-4H,2H2,1H3;2*2-4H,1H3;2*2-3H,1H3;11*1-2H3. The number of rotatable bonds is 0. The first-order valence-electron chi connectivity index (χ1n) is 41.5. The fourth-order valence-corrected chi connectivity index (χ4v) is 9.74. The van der Waals surface area contributed by atoms with E-state index in [4.69, 9.17) is 0 Å². The largest absolute Gasteiger partial charge is 0.365 e. The van der Waals surface area contributed by atoms with Crippen molar-refractivity contribution in [3.63, 3.8) is 0 Å². The quantitative estimate of drug-likeness (QED) is 0.149. The van der Waals surface area contributed by atoms with Crippen molar-refractivity contribution in [3.05, 3.63) is 351 Å². The molecule has 0 aliphatic carbocycles. The number of benzene rings is 8. The number of aryl methyl sites for hydroxylation is 10. The van der Waals surface area contributed by atoms with Crippen molar-refractivity contribution in [1.82, 2.24) is 25.3 Å². The Morgan fingerprint density at radius 1 is 0.316 bits per heavy atom. The molecule has 114 heavy (non-hydrogen) atoms. The average molecular weight is 1580 g/mol. The van der Waals surface area contributed by atoms with Gasteiger partial charge < -0.3 is 9.05 Å². The number of allylic oxidation sites excluding steroid dienone is 2. The van der Waals surface area contributed by atoms with Crippen LogP contribution < -0.4 is 0 Å². The Kier molecular flexibility index (Phi) is 84.1. The number of hydrogen-bond donors (Lipinski definition) is 0. The third-order valence-electron chi connectivity index (χ3n) is 13.4. The summed E-state index contributed by atoms with van der Waals surface area (Å²) in [5.74, 6) is 0.856. The molecule has 16 rings (SSSR count). The van der Waals surface area contributed by atoms with Gasteiger partial charge in [0.2, 0.25) is 0 Å². The van der Waals surface area contributed by atoms with Crippen LogP contribution in [0.15, 0.2) is 310 Å². The van der Waals surface area contributed by atoms with E-state index in [1.807, 2.05) is 246 Å². The molecule has 0 saturated heterocycles. The zero-order chi connectivity index (χ0) is 87.6. The maximum Gasteiger partial charge on any atom is 0.133 e. The molecule has 1 aliphatic rings. The number of para-hydroxylation sites is 2. The average Bonchev–Trinajstić information content (AvgIpc) is 1.05. The molecular weight excluding hydrogens is 1430 g/mol. The molecule has 0 unspecified atom stereocenters. The van der Waals surface area contributed by atoms with Crippen LogP contribution in [0.2, 0.25) is 0 Å². The van der Waals surface area contributed by atoms with Crippen LogP contribution in [0.25, 0.3) is 54.3 Å². The van der Waals surface area contributed by atoms with Gasteiger partial charge in [-0.2, -0.15) is 11.3 Å². The normalized spacial score (nSPS) is 8.90. The molecule has 620 valence electrons. The Labute approximate surface area is 703 Å². The first-order chi connectivity index (χ1) is 55.7. The van der Waals surface area contributed by atoms with Gasteiger partial charge in [0.15, 0.2) is 0 Å². The molecule has 0 amide bonds. The van der Waals surface area contributed by atoms with Crippen LogP contribution in [-0.4, -0.2) is 31.5 Å². The number of aromatic nitrogens is 5. The molecule has 0 fully saturated rings. The van der Waals surface area contributed by atoms with Crippen LogP contribution in [0.4, 0.5) is 0 Å². The van der Waals surface area contributed by atoms with E-state index in [1.54, 1.807) is 47.4 Å². The van der Waals surface area contributed by atoms with Gasteiger partial charge in [-0.25, -0.2) is 0 Å². The second-order valence-electron chi connectivity index (χ2n) is 21.6. The van der Waals surface area contributed by atoms with Gasteiger partial charge in [0.1, 0.15) is 12.0 Å². The summed E-state index contributed by atoms with van der Waals surface area (Å²) in [4.78, 5) is 18.2. The lowest BCUT2D eigenvalue weighted by Gasteiger charge is -1.98. The highest BCUT2D eigenvalue weighted by Crippen LogP contribution is 2.19. The van der Waals surface area contributed by atoms with Crippen LogP contribution in [0.1, 0.15) is 221 Å². The van der Waals surface area contributed by atoms with Gasteiger partial charge >= 0.3 is 0 Å². The molecule has 0 N–H and O–H groups in total. The summed E-state index contributed by atoms with van der Waals surface area (Å²) in [6, 6.07) is 78.9. The van der Waals surface area contributed by atoms with Crippen LogP contribution >= 0.6 is 22.7 Å². The molecule has 8 aromatic carbocycles. The lowest BCUT2D eigenvalue weighted by Crippen LogP contribution is -1.80. The van der Waals surface area contributed by atoms with Crippen molar-refractivity contribution < 1.29 is 9.05 Å². The van der Waals surface area contributed by atoms with E-state index in [0.29, 0.717) is 0 Å². The minimum atomic E-state index is 0.856. The van der Waals surface area contributed by atoms with E-state index in [9.17, 15) is 0 Å². The van der Waals surface area contributed by atoms with Crippen molar-refractivity contribution in [3.8, 4) is 0 Å². The molecule has 0 radical (unpaired) electrons. The second kappa shape index (κ2) is 83.7. The van der Waals surface area contributed by atoms with Gasteiger partial charge in [-0.15, -0.1) is 11.3 Å². The minimum absolute atomic E-state index is 0.856. The van der Waals surface area contributed by atoms with Gasteiger partial charge in [-0.3, -0.25) is 19.9 Å². The van der Waals surface area contributed by atoms with Gasteiger partial charge in [0, 0.05) is 69.6 Å². The number of thiophene rings is 2. The topological polar surface area (TPSA) is 103 Å². The molecule has 10 heteroatoms. The van der Waals surface area contributed by atoms with Crippen LogP contribution in [-0.2, 0) is 0 Å². The third kappa shape index (κ3) is 56.9. The highest BCUT2D eigenvalue weighted by Gasteiger charge is 1.97. The van der Waals surface area contributed by atoms with E-state index in [2.05, 4.69) is 293 Å². The van der Waals surface area contributed by atoms with Gasteiger partial charge in [0.25, 0.3) is 0 Å². The fraction of sp³-hybridized carbons (Fsp3) is 0.327. The van der Waals surface area contributed by atoms with Crippen molar-refractivity contribution in [2.45, 2.75) is 235 Å². The summed E-state index contributed by atoms with van der Waals surface area (Å²) < 4.78 is 9.05. The number of aliphatic imine (C=N–C) groups is 1. The predicted octanol–water partition coefficient (Wildman–Crippen LogP) is 34.7. The first-order valence-corrected chi connectivity index (χ1v) is 43.3. The lowest BCUT2D eigenvalue weighted by molar-refractivity contribution is 0.397. The Hall–Kier alpha value is -10.3. The van der Waals surface area contributed by atoms with Crippen molar-refractivity contribution >= 4 is 83.1 Å². The Morgan fingerprint density at radius 3 is 1.25 bits per heavy atom. The SMILES string of the molecule is CC.CC.CC.CC.CC.CC.CC.CC.CC.CC.CC.CC1=CCC=N1.Cc1ccc2ccccc2c1.Cc1ccc2cccnc2c1.Cc1cccc2ccccc12.Cc1cccc2cccnc12.Cc1ccccc1.Cc1cccs1.Cc1ccno1.Cc1ccsc1.Cc1cnc2ccccc2c1.Cc1cnoc1. The molecule has 15 aromatic rings. The molecule has 8 heterocycles. The number of nitrogens with zero attached hydrogens (tertiary/aromatic N) is 6. The Bertz CT molecular complexity index is 4090. The maximum absolute atomic E-state index is 4.58. The van der Waals surface area contributed by atoms with Crippen LogP contribution in [0.5, 0.6) is 0 Å². The molecule has 0 spiro atoms. The van der Waals surface area contributed by atoms with Gasteiger partial charge in [0.05, 0.1) is 28.9 Å². The first kappa shape index (κ1) is 115. The molecule has 0 bridgehead atoms. The monoisotopic (exact) mass is 1580 g/mol. The second-order valence-corrected chi connectivity index (χ2v) is 23.5. The smallest absolute Gasteiger partial charge is 0.133 e. The summed E-state index contributed by atoms with van der Waals surface area (Å²) in [6.07, 6.45) is 15.5. The van der Waals surface area contributed by atoms with E-state index in [1.165, 1.54) is 81.5 Å².